The van der Waals surface area contributed by atoms with Gasteiger partial charge >= 0.3 is 0 Å². The molecule has 0 aromatic heterocycles. The molecule has 1 nitrogen and oxygen atoms in total. The van der Waals surface area contributed by atoms with E-state index in [-0.39, 0.29) is 0 Å². The van der Waals surface area contributed by atoms with E-state index in [0.29, 0.717) is 5.92 Å². The Balaban J connectivity index is 2.09. The maximum absolute atomic E-state index is 6.02. The van der Waals surface area contributed by atoms with Crippen LogP contribution in [-0.2, 0) is 0 Å². The van der Waals surface area contributed by atoms with Crippen LogP contribution in [0.4, 0.5) is 0 Å². The second-order valence-electron chi connectivity index (χ2n) is 5.39. The van der Waals surface area contributed by atoms with Crippen LogP contribution in [0, 0.1) is 12.8 Å². The molecule has 0 bridgehead atoms. The fraction of sp³-hybridized carbons (Fsp3) is 0.412. The average molecular weight is 242 g/mol. The molecule has 0 fully saturated rings. The molecular formula is C17H22O. The first kappa shape index (κ1) is 12.9. The van der Waals surface area contributed by atoms with Crippen molar-refractivity contribution >= 4 is 0 Å². The molecule has 1 aliphatic carbocycles. The third-order valence-corrected chi connectivity index (χ3v) is 3.08. The van der Waals surface area contributed by atoms with E-state index < -0.39 is 0 Å². The molecule has 0 unspecified atom stereocenters. The Morgan fingerprint density at radius 1 is 1.06 bits per heavy atom. The third kappa shape index (κ3) is 3.49. The quantitative estimate of drug-likeness (QED) is 0.720. The van der Waals surface area contributed by atoms with Crippen molar-refractivity contribution in [2.45, 2.75) is 40.0 Å². The Labute approximate surface area is 110 Å². The first-order valence-corrected chi connectivity index (χ1v) is 6.79. The summed E-state index contributed by atoms with van der Waals surface area (Å²) in [5.74, 6) is 2.65. The Morgan fingerprint density at radius 3 is 2.39 bits per heavy atom. The van der Waals surface area contributed by atoms with Gasteiger partial charge in [0.25, 0.3) is 0 Å². The van der Waals surface area contributed by atoms with Crippen LogP contribution in [0.1, 0.15) is 38.7 Å². The van der Waals surface area contributed by atoms with E-state index in [2.05, 4.69) is 45.1 Å². The molecule has 1 heteroatoms. The van der Waals surface area contributed by atoms with Crippen LogP contribution in [0.15, 0.2) is 47.7 Å². The normalized spacial score (nSPS) is 15.3. The Kier molecular flexibility index (Phi) is 4.24. The first-order chi connectivity index (χ1) is 8.65. The highest BCUT2D eigenvalue weighted by Gasteiger charge is 2.12. The van der Waals surface area contributed by atoms with Gasteiger partial charge in [0.2, 0.25) is 0 Å². The monoisotopic (exact) mass is 242 g/mol. The second kappa shape index (κ2) is 5.90. The van der Waals surface area contributed by atoms with E-state index in [9.17, 15) is 0 Å². The summed E-state index contributed by atoms with van der Waals surface area (Å²) in [6.45, 7) is 6.59. The Hall–Kier alpha value is -1.50. The van der Waals surface area contributed by atoms with E-state index in [1.807, 2.05) is 12.1 Å². The summed E-state index contributed by atoms with van der Waals surface area (Å²) in [5.41, 5.74) is 2.62. The SMILES string of the molecule is Cc1ccc(OC2=CCCC=C2CC(C)C)cc1. The molecule has 0 atom stereocenters. The zero-order chi connectivity index (χ0) is 13.0. The minimum Gasteiger partial charge on any atom is -0.457 e. The standard InChI is InChI=1S/C17H22O/c1-13(2)12-15-6-4-5-7-17(15)18-16-10-8-14(3)9-11-16/h6-11,13H,4-5,12H2,1-3H3. The summed E-state index contributed by atoms with van der Waals surface area (Å²) in [6.07, 6.45) is 7.87. The van der Waals surface area contributed by atoms with Crippen molar-refractivity contribution in [1.82, 2.24) is 0 Å². The molecule has 0 spiro atoms. The van der Waals surface area contributed by atoms with Crippen LogP contribution in [0.5, 0.6) is 5.75 Å². The van der Waals surface area contributed by atoms with Crippen molar-refractivity contribution in [3.8, 4) is 5.75 Å². The lowest BCUT2D eigenvalue weighted by Crippen LogP contribution is -2.05. The lowest BCUT2D eigenvalue weighted by atomic mass is 9.96. The minimum absolute atomic E-state index is 0.666. The van der Waals surface area contributed by atoms with Crippen molar-refractivity contribution in [1.29, 1.82) is 0 Å². The third-order valence-electron chi connectivity index (χ3n) is 3.08. The summed E-state index contributed by atoms with van der Waals surface area (Å²) >= 11 is 0. The average Bonchev–Trinajstić information content (AvgIpc) is 2.34. The van der Waals surface area contributed by atoms with E-state index in [0.717, 1.165) is 30.8 Å². The molecule has 0 heterocycles. The lowest BCUT2D eigenvalue weighted by molar-refractivity contribution is 0.419. The minimum atomic E-state index is 0.666. The Morgan fingerprint density at radius 2 is 1.72 bits per heavy atom. The van der Waals surface area contributed by atoms with Gasteiger partial charge in [-0.3, -0.25) is 0 Å². The molecule has 0 radical (unpaired) electrons. The highest BCUT2D eigenvalue weighted by Crippen LogP contribution is 2.27. The van der Waals surface area contributed by atoms with Gasteiger partial charge in [0.1, 0.15) is 11.5 Å². The van der Waals surface area contributed by atoms with E-state index in [1.165, 1.54) is 11.1 Å². The number of benzene rings is 1. The van der Waals surface area contributed by atoms with Crippen LogP contribution >= 0.6 is 0 Å². The molecule has 0 N–H and O–H groups in total. The number of hydrogen-bond donors (Lipinski definition) is 0. The highest BCUT2D eigenvalue weighted by atomic mass is 16.5. The maximum atomic E-state index is 6.02. The van der Waals surface area contributed by atoms with Gasteiger partial charge in [-0.05, 0) is 55.9 Å². The van der Waals surface area contributed by atoms with Gasteiger partial charge in [-0.15, -0.1) is 0 Å². The van der Waals surface area contributed by atoms with Crippen molar-refractivity contribution in [2.75, 3.05) is 0 Å². The zero-order valence-electron chi connectivity index (χ0n) is 11.6. The van der Waals surface area contributed by atoms with Crippen LogP contribution < -0.4 is 4.74 Å². The van der Waals surface area contributed by atoms with Crippen LogP contribution in [0.25, 0.3) is 0 Å². The molecule has 1 aliphatic rings. The van der Waals surface area contributed by atoms with Gasteiger partial charge in [-0.25, -0.2) is 0 Å². The predicted octanol–water partition coefficient (Wildman–Crippen LogP) is 5.02. The molecule has 2 rings (SSSR count). The molecule has 0 aliphatic heterocycles. The fourth-order valence-electron chi connectivity index (χ4n) is 2.17. The van der Waals surface area contributed by atoms with E-state index in [4.69, 9.17) is 4.74 Å². The van der Waals surface area contributed by atoms with Gasteiger partial charge in [0.05, 0.1) is 0 Å². The van der Waals surface area contributed by atoms with E-state index in [1.54, 1.807) is 0 Å². The van der Waals surface area contributed by atoms with Crippen LogP contribution in [0.2, 0.25) is 0 Å². The summed E-state index contributed by atoms with van der Waals surface area (Å²) in [4.78, 5) is 0. The molecule has 1 aromatic rings. The summed E-state index contributed by atoms with van der Waals surface area (Å²) in [7, 11) is 0. The smallest absolute Gasteiger partial charge is 0.127 e. The summed E-state index contributed by atoms with van der Waals surface area (Å²) < 4.78 is 6.02. The Bertz CT molecular complexity index is 449. The van der Waals surface area contributed by atoms with Gasteiger partial charge < -0.3 is 4.74 Å². The van der Waals surface area contributed by atoms with Gasteiger partial charge in [-0.1, -0.05) is 37.6 Å². The predicted molar refractivity (Wildman–Crippen MR) is 76.7 cm³/mol. The van der Waals surface area contributed by atoms with Crippen LogP contribution in [0.3, 0.4) is 0 Å². The molecule has 0 saturated carbocycles. The molecule has 18 heavy (non-hydrogen) atoms. The van der Waals surface area contributed by atoms with Crippen molar-refractivity contribution in [3.05, 3.63) is 53.3 Å². The van der Waals surface area contributed by atoms with Gasteiger partial charge in [0, 0.05) is 0 Å². The fourth-order valence-corrected chi connectivity index (χ4v) is 2.17. The van der Waals surface area contributed by atoms with Crippen LogP contribution in [-0.4, -0.2) is 0 Å². The number of rotatable bonds is 4. The largest absolute Gasteiger partial charge is 0.457 e. The van der Waals surface area contributed by atoms with Gasteiger partial charge in [-0.2, -0.15) is 0 Å². The van der Waals surface area contributed by atoms with Crippen molar-refractivity contribution < 1.29 is 4.74 Å². The molecule has 0 amide bonds. The molecule has 96 valence electrons. The van der Waals surface area contributed by atoms with Crippen molar-refractivity contribution in [3.63, 3.8) is 0 Å². The van der Waals surface area contributed by atoms with Crippen molar-refractivity contribution in [2.24, 2.45) is 5.92 Å². The van der Waals surface area contributed by atoms with E-state index >= 15 is 0 Å². The maximum Gasteiger partial charge on any atom is 0.127 e. The summed E-state index contributed by atoms with van der Waals surface area (Å²) in [6, 6.07) is 8.25. The molecular weight excluding hydrogens is 220 g/mol. The zero-order valence-corrected chi connectivity index (χ0v) is 11.6. The lowest BCUT2D eigenvalue weighted by Gasteiger charge is -2.18. The molecule has 0 saturated heterocycles. The number of allylic oxidation sites excluding steroid dienone is 3. The summed E-state index contributed by atoms with van der Waals surface area (Å²) in [5, 5.41) is 0. The number of aryl methyl sites for hydroxylation is 1. The topological polar surface area (TPSA) is 9.23 Å². The van der Waals surface area contributed by atoms with Gasteiger partial charge in [0.15, 0.2) is 0 Å². The first-order valence-electron chi connectivity index (χ1n) is 6.79. The number of ether oxygens (including phenoxy) is 1. The number of hydrogen-bond acceptors (Lipinski definition) is 1. The second-order valence-corrected chi connectivity index (χ2v) is 5.39. The molecule has 1 aromatic carbocycles. The highest BCUT2D eigenvalue weighted by molar-refractivity contribution is 5.35.